The summed E-state index contributed by atoms with van der Waals surface area (Å²) in [6.07, 6.45) is 5.19. The molecule has 0 amide bonds. The molecule has 4 rings (SSSR count). The van der Waals surface area contributed by atoms with Crippen LogP contribution in [0.5, 0.6) is 0 Å². The van der Waals surface area contributed by atoms with Gasteiger partial charge in [0.25, 0.3) is 0 Å². The second-order valence-electron chi connectivity index (χ2n) is 9.02. The molecule has 2 aromatic rings. The van der Waals surface area contributed by atoms with Gasteiger partial charge in [-0.05, 0) is 62.5 Å². The fourth-order valence-corrected chi connectivity index (χ4v) is 6.75. The molecule has 0 bridgehead atoms. The molecule has 1 aromatic heterocycles. The maximum Gasteiger partial charge on any atom is 0.324 e. The zero-order chi connectivity index (χ0) is 26.7. The lowest BCUT2D eigenvalue weighted by molar-refractivity contribution is -0.135. The van der Waals surface area contributed by atoms with Crippen LogP contribution in [-0.4, -0.2) is 79.9 Å². The summed E-state index contributed by atoms with van der Waals surface area (Å²) in [7, 11) is -0.128. The van der Waals surface area contributed by atoms with Gasteiger partial charge in [-0.2, -0.15) is 4.98 Å². The Hall–Kier alpha value is -2.86. The summed E-state index contributed by atoms with van der Waals surface area (Å²) < 4.78 is 27.9. The quantitative estimate of drug-likeness (QED) is 0.446. The molecule has 1 unspecified atom stereocenters. The van der Waals surface area contributed by atoms with Gasteiger partial charge in [0.05, 0.1) is 5.69 Å². The van der Waals surface area contributed by atoms with Crippen molar-refractivity contribution >= 4 is 62.3 Å². The van der Waals surface area contributed by atoms with Gasteiger partial charge >= 0.3 is 5.97 Å². The first-order valence-electron chi connectivity index (χ1n) is 11.6. The van der Waals surface area contributed by atoms with Crippen molar-refractivity contribution in [3.8, 4) is 0 Å². The average Bonchev–Trinajstić information content (AvgIpc) is 3.25. The molecular formula is C24H28Cl2N6O4S. The van der Waals surface area contributed by atoms with Gasteiger partial charge in [0.15, 0.2) is 0 Å². The molecule has 2 N–H and O–H groups in total. The highest BCUT2D eigenvalue weighted by atomic mass is 35.5. The molecule has 198 valence electrons. The van der Waals surface area contributed by atoms with Gasteiger partial charge in [0.1, 0.15) is 17.6 Å². The SMILES string of the molecule is CN(C)CCNc1ccnc(N2CCc3cc(N(CC(=O)O)S(=O)(=O)C4C=C(Cl)C=C(Cl)C4)ccc32)n1. The lowest BCUT2D eigenvalue weighted by atomic mass is 10.1. The number of rotatable bonds is 10. The minimum atomic E-state index is -4.13. The average molecular weight is 567 g/mol. The predicted molar refractivity (Wildman–Crippen MR) is 146 cm³/mol. The molecule has 0 fully saturated rings. The number of anilines is 4. The van der Waals surface area contributed by atoms with Crippen LogP contribution in [0.3, 0.4) is 0 Å². The summed E-state index contributed by atoms with van der Waals surface area (Å²) in [5.41, 5.74) is 1.97. The van der Waals surface area contributed by atoms with Crippen molar-refractivity contribution in [1.82, 2.24) is 14.9 Å². The van der Waals surface area contributed by atoms with Gasteiger partial charge in [-0.15, -0.1) is 0 Å². The van der Waals surface area contributed by atoms with Crippen molar-refractivity contribution in [2.24, 2.45) is 0 Å². The molecular weight excluding hydrogens is 539 g/mol. The molecule has 0 spiro atoms. The van der Waals surface area contributed by atoms with E-state index in [0.717, 1.165) is 28.6 Å². The number of sulfonamides is 1. The minimum Gasteiger partial charge on any atom is -0.480 e. The van der Waals surface area contributed by atoms with E-state index < -0.39 is 27.8 Å². The van der Waals surface area contributed by atoms with Crippen LogP contribution in [0, 0.1) is 0 Å². The Morgan fingerprint density at radius 3 is 2.76 bits per heavy atom. The van der Waals surface area contributed by atoms with E-state index >= 15 is 0 Å². The summed E-state index contributed by atoms with van der Waals surface area (Å²) in [5.74, 6) is -0.0347. The van der Waals surface area contributed by atoms with E-state index in [1.165, 1.54) is 12.2 Å². The number of hydrogen-bond donors (Lipinski definition) is 2. The summed E-state index contributed by atoms with van der Waals surface area (Å²) in [5, 5.41) is 12.2. The number of nitrogens with one attached hydrogen (secondary N) is 1. The third kappa shape index (κ3) is 6.35. The molecule has 0 saturated carbocycles. The van der Waals surface area contributed by atoms with Crippen LogP contribution in [0.2, 0.25) is 0 Å². The molecule has 1 aliphatic carbocycles. The number of hydrogen-bond acceptors (Lipinski definition) is 8. The van der Waals surface area contributed by atoms with E-state index in [-0.39, 0.29) is 17.1 Å². The number of aliphatic carboxylic acids is 1. The number of aromatic nitrogens is 2. The van der Waals surface area contributed by atoms with E-state index in [4.69, 9.17) is 23.2 Å². The van der Waals surface area contributed by atoms with Gasteiger partial charge in [0.2, 0.25) is 16.0 Å². The standard InChI is InChI=1S/C24H28Cl2N6O4S/c1-30(2)10-8-27-22-5-7-28-24(29-22)31-9-6-16-11-19(3-4-21(16)31)32(15-23(33)34)37(35,36)20-13-17(25)12-18(26)14-20/h3-5,7,11-13,20H,6,8-10,14-15H2,1-2H3,(H,33,34)(H,27,28,29). The summed E-state index contributed by atoms with van der Waals surface area (Å²) in [6.45, 7) is 1.47. The van der Waals surface area contributed by atoms with Crippen molar-refractivity contribution < 1.29 is 18.3 Å². The molecule has 2 heterocycles. The number of carboxylic acids is 1. The minimum absolute atomic E-state index is 0.0191. The number of carboxylic acid groups (broad SMARTS) is 1. The molecule has 2 aliphatic rings. The van der Waals surface area contributed by atoms with Crippen LogP contribution in [0.15, 0.2) is 52.7 Å². The maximum atomic E-state index is 13.5. The molecule has 1 aliphatic heterocycles. The summed E-state index contributed by atoms with van der Waals surface area (Å²) in [4.78, 5) is 24.7. The van der Waals surface area contributed by atoms with E-state index in [0.29, 0.717) is 29.8 Å². The highest BCUT2D eigenvalue weighted by Crippen LogP contribution is 2.37. The van der Waals surface area contributed by atoms with E-state index in [1.807, 2.05) is 19.0 Å². The first kappa shape index (κ1) is 27.2. The third-order valence-corrected chi connectivity index (χ3v) is 8.52. The number of benzene rings is 1. The molecule has 1 aromatic carbocycles. The third-order valence-electron chi connectivity index (χ3n) is 6.00. The summed E-state index contributed by atoms with van der Waals surface area (Å²) >= 11 is 12.1. The topological polar surface area (TPSA) is 119 Å². The van der Waals surface area contributed by atoms with E-state index in [2.05, 4.69) is 20.2 Å². The number of allylic oxidation sites excluding steroid dienone is 3. The van der Waals surface area contributed by atoms with E-state index in [9.17, 15) is 18.3 Å². The van der Waals surface area contributed by atoms with Crippen molar-refractivity contribution in [3.05, 3.63) is 58.2 Å². The lowest BCUT2D eigenvalue weighted by Gasteiger charge is -2.28. The molecule has 37 heavy (non-hydrogen) atoms. The van der Waals surface area contributed by atoms with E-state index in [1.54, 1.807) is 30.5 Å². The molecule has 1 atom stereocenters. The van der Waals surface area contributed by atoms with Crippen molar-refractivity contribution in [1.29, 1.82) is 0 Å². The maximum absolute atomic E-state index is 13.5. The van der Waals surface area contributed by atoms with Crippen molar-refractivity contribution in [3.63, 3.8) is 0 Å². The Labute approximate surface area is 226 Å². The first-order chi connectivity index (χ1) is 17.5. The predicted octanol–water partition coefficient (Wildman–Crippen LogP) is 3.38. The monoisotopic (exact) mass is 566 g/mol. The van der Waals surface area contributed by atoms with Gasteiger partial charge in [0, 0.05) is 48.0 Å². The smallest absolute Gasteiger partial charge is 0.324 e. The molecule has 0 saturated heterocycles. The number of fused-ring (bicyclic) bond motifs is 1. The van der Waals surface area contributed by atoms with Gasteiger partial charge < -0.3 is 20.2 Å². The molecule has 0 radical (unpaired) electrons. The first-order valence-corrected chi connectivity index (χ1v) is 13.9. The number of nitrogens with zero attached hydrogens (tertiary/aromatic N) is 5. The number of likely N-dealkylation sites (N-methyl/N-ethyl adjacent to an activating group) is 1. The van der Waals surface area contributed by atoms with Gasteiger partial charge in [-0.25, -0.2) is 13.4 Å². The lowest BCUT2D eigenvalue weighted by Crippen LogP contribution is -2.42. The van der Waals surface area contributed by atoms with Gasteiger partial charge in [-0.3, -0.25) is 9.10 Å². The largest absolute Gasteiger partial charge is 0.480 e. The van der Waals surface area contributed by atoms with Crippen LogP contribution >= 0.6 is 23.2 Å². The highest BCUT2D eigenvalue weighted by Gasteiger charge is 2.35. The van der Waals surface area contributed by atoms with Crippen LogP contribution in [-0.2, 0) is 21.2 Å². The fourth-order valence-electron chi connectivity index (χ4n) is 4.23. The molecule has 13 heteroatoms. The second kappa shape index (κ2) is 11.3. The Bertz CT molecular complexity index is 1350. The van der Waals surface area contributed by atoms with Crippen LogP contribution in [0.25, 0.3) is 0 Å². The Balaban J connectivity index is 1.60. The number of carbonyl (C=O) groups is 1. The van der Waals surface area contributed by atoms with Crippen LogP contribution in [0.1, 0.15) is 12.0 Å². The number of halogens is 2. The van der Waals surface area contributed by atoms with Gasteiger partial charge in [-0.1, -0.05) is 23.2 Å². The Kier molecular flexibility index (Phi) is 8.27. The second-order valence-corrected chi connectivity index (χ2v) is 12.0. The zero-order valence-electron chi connectivity index (χ0n) is 20.4. The zero-order valence-corrected chi connectivity index (χ0v) is 22.8. The van der Waals surface area contributed by atoms with Crippen molar-refractivity contribution in [2.45, 2.75) is 18.1 Å². The Morgan fingerprint density at radius 1 is 1.27 bits per heavy atom. The van der Waals surface area contributed by atoms with Crippen molar-refractivity contribution in [2.75, 3.05) is 54.8 Å². The Morgan fingerprint density at radius 2 is 2.05 bits per heavy atom. The molecule has 10 nitrogen and oxygen atoms in total. The van der Waals surface area contributed by atoms with Crippen LogP contribution < -0.4 is 14.5 Å². The highest BCUT2D eigenvalue weighted by molar-refractivity contribution is 7.93. The van der Waals surface area contributed by atoms with Crippen LogP contribution in [0.4, 0.5) is 23.1 Å². The summed E-state index contributed by atoms with van der Waals surface area (Å²) in [6, 6.07) is 6.89. The fraction of sp³-hybridized carbons (Fsp3) is 0.375. The normalized spacial score (nSPS) is 17.3.